The van der Waals surface area contributed by atoms with Gasteiger partial charge in [-0.05, 0) is 23.9 Å². The van der Waals surface area contributed by atoms with Gasteiger partial charge in [0, 0.05) is 19.4 Å². The lowest BCUT2D eigenvalue weighted by atomic mass is 10.2. The average molecular weight is 275 g/mol. The van der Waals surface area contributed by atoms with Crippen LogP contribution in [0.25, 0.3) is 0 Å². The number of hydrogen-bond donors (Lipinski definition) is 2. The van der Waals surface area contributed by atoms with Gasteiger partial charge in [-0.3, -0.25) is 14.6 Å². The Kier molecular flexibility index (Phi) is 4.47. The molecule has 0 unspecified atom stereocenters. The van der Waals surface area contributed by atoms with Crippen molar-refractivity contribution in [3.8, 4) is 0 Å². The van der Waals surface area contributed by atoms with Crippen LogP contribution in [0.3, 0.4) is 0 Å². The van der Waals surface area contributed by atoms with E-state index in [1.54, 1.807) is 16.8 Å². The molecule has 0 saturated carbocycles. The Bertz CT molecular complexity index is 578. The van der Waals surface area contributed by atoms with Gasteiger partial charge in [-0.1, -0.05) is 18.2 Å². The zero-order valence-corrected chi connectivity index (χ0v) is 11.9. The highest BCUT2D eigenvalue weighted by atomic mass is 16.5. The fourth-order valence-corrected chi connectivity index (χ4v) is 1.89. The van der Waals surface area contributed by atoms with Crippen LogP contribution in [0.15, 0.2) is 34.9 Å². The van der Waals surface area contributed by atoms with Crippen molar-refractivity contribution in [2.45, 2.75) is 26.4 Å². The predicted octanol–water partition coefficient (Wildman–Crippen LogP) is 1.51. The molecule has 1 amide bonds. The van der Waals surface area contributed by atoms with Gasteiger partial charge < -0.3 is 5.32 Å². The molecule has 6 heteroatoms. The zero-order chi connectivity index (χ0) is 14.5. The van der Waals surface area contributed by atoms with Crippen molar-refractivity contribution >= 4 is 11.8 Å². The van der Waals surface area contributed by atoms with Crippen LogP contribution in [0.2, 0.25) is 0 Å². The molecule has 1 aromatic carbocycles. The Labute approximate surface area is 117 Å². The first-order valence-electron chi connectivity index (χ1n) is 6.55. The van der Waals surface area contributed by atoms with Gasteiger partial charge >= 0.3 is 5.88 Å². The lowest BCUT2D eigenvalue weighted by molar-refractivity contribution is -0.785. The fraction of sp³-hybridized carbons (Fsp3) is 0.357. The molecule has 0 fully saturated rings. The number of nitrogens with zero attached hydrogens (tertiary/aromatic N) is 2. The normalized spacial score (nSPS) is 10.8. The Morgan fingerprint density at radius 1 is 1.35 bits per heavy atom. The summed E-state index contributed by atoms with van der Waals surface area (Å²) < 4.78 is 6.99. The van der Waals surface area contributed by atoms with E-state index in [1.807, 2.05) is 39.1 Å². The third-order valence-corrected chi connectivity index (χ3v) is 2.86. The van der Waals surface area contributed by atoms with Gasteiger partial charge in [0.15, 0.2) is 6.04 Å². The Morgan fingerprint density at radius 3 is 2.65 bits per heavy atom. The zero-order valence-electron chi connectivity index (χ0n) is 11.9. The Balaban J connectivity index is 2.23. The molecule has 6 nitrogen and oxygen atoms in total. The minimum absolute atomic E-state index is 0.157. The lowest BCUT2D eigenvalue weighted by Crippen LogP contribution is -2.43. The van der Waals surface area contributed by atoms with Crippen molar-refractivity contribution in [3.05, 3.63) is 41.6 Å². The maximum atomic E-state index is 12.1. The van der Waals surface area contributed by atoms with E-state index in [1.165, 1.54) is 0 Å². The highest BCUT2D eigenvalue weighted by Crippen LogP contribution is 2.13. The molecule has 0 aliphatic heterocycles. The highest BCUT2D eigenvalue weighted by molar-refractivity contribution is 6.03. The topological polar surface area (TPSA) is 71.0 Å². The Morgan fingerprint density at radius 2 is 2.05 bits per heavy atom. The molecule has 1 aromatic heterocycles. The van der Waals surface area contributed by atoms with Crippen molar-refractivity contribution in [2.75, 3.05) is 12.4 Å². The molecule has 0 aliphatic rings. The van der Waals surface area contributed by atoms with E-state index >= 15 is 0 Å². The van der Waals surface area contributed by atoms with Crippen molar-refractivity contribution < 1.29 is 14.0 Å². The summed E-state index contributed by atoms with van der Waals surface area (Å²) in [5, 5.41) is 9.77. The molecule has 0 saturated heterocycles. The number of anilines is 1. The first-order chi connectivity index (χ1) is 9.63. The van der Waals surface area contributed by atoms with Crippen LogP contribution in [0, 0.1) is 0 Å². The smallest absolute Gasteiger partial charge is 0.307 e. The van der Waals surface area contributed by atoms with E-state index in [-0.39, 0.29) is 11.9 Å². The van der Waals surface area contributed by atoms with E-state index in [9.17, 15) is 4.79 Å². The van der Waals surface area contributed by atoms with Gasteiger partial charge in [0.25, 0.3) is 11.6 Å². The molecule has 1 heterocycles. The van der Waals surface area contributed by atoms with Crippen LogP contribution in [0.5, 0.6) is 0 Å². The van der Waals surface area contributed by atoms with Crippen LogP contribution >= 0.6 is 0 Å². The van der Waals surface area contributed by atoms with Crippen LogP contribution in [0.1, 0.15) is 35.9 Å². The number of aromatic nitrogens is 2. The second kappa shape index (κ2) is 6.29. The summed E-state index contributed by atoms with van der Waals surface area (Å²) in [6, 6.07) is 9.16. The molecule has 2 N–H and O–H groups in total. The number of rotatable bonds is 5. The minimum Gasteiger partial charge on any atom is -0.310 e. The van der Waals surface area contributed by atoms with Crippen molar-refractivity contribution in [3.63, 3.8) is 0 Å². The maximum absolute atomic E-state index is 12.1. The number of carbonyl (C=O) groups excluding carboxylic acids is 1. The second-order valence-electron chi connectivity index (χ2n) is 4.74. The molecule has 0 aliphatic carbocycles. The van der Waals surface area contributed by atoms with Crippen LogP contribution in [0.4, 0.5) is 5.88 Å². The summed E-state index contributed by atoms with van der Waals surface area (Å²) >= 11 is 0. The molecule has 2 rings (SSSR count). The van der Waals surface area contributed by atoms with Crippen molar-refractivity contribution in [2.24, 2.45) is 0 Å². The fourth-order valence-electron chi connectivity index (χ4n) is 1.89. The molecule has 106 valence electrons. The lowest BCUT2D eigenvalue weighted by Gasteiger charge is -2.01. The van der Waals surface area contributed by atoms with Crippen molar-refractivity contribution in [1.29, 1.82) is 0 Å². The molecular formula is C14H19N4O2+. The van der Waals surface area contributed by atoms with E-state index in [0.29, 0.717) is 18.0 Å². The molecule has 0 atom stereocenters. The minimum atomic E-state index is -0.213. The molecule has 0 bridgehead atoms. The molecule has 20 heavy (non-hydrogen) atoms. The first kappa shape index (κ1) is 14.2. The summed E-state index contributed by atoms with van der Waals surface area (Å²) in [5.74, 6) is 0.164. The molecule has 2 aromatic rings. The number of nitrogens with one attached hydrogen (secondary N) is 2. The summed E-state index contributed by atoms with van der Waals surface area (Å²) in [4.78, 5) is 12.1. The van der Waals surface area contributed by atoms with Gasteiger partial charge in [0.2, 0.25) is 5.27 Å². The van der Waals surface area contributed by atoms with Crippen LogP contribution in [-0.2, 0) is 6.54 Å². The van der Waals surface area contributed by atoms with Gasteiger partial charge in [0.05, 0.1) is 6.54 Å². The predicted molar refractivity (Wildman–Crippen MR) is 74.2 cm³/mol. The van der Waals surface area contributed by atoms with Crippen molar-refractivity contribution in [1.82, 2.24) is 10.6 Å². The summed E-state index contributed by atoms with van der Waals surface area (Å²) in [5.41, 5.74) is 1.39. The molecule has 0 radical (unpaired) electrons. The molecule has 0 spiro atoms. The van der Waals surface area contributed by atoms with E-state index in [0.717, 1.165) is 5.69 Å². The third-order valence-electron chi connectivity index (χ3n) is 2.86. The van der Waals surface area contributed by atoms with E-state index in [4.69, 9.17) is 4.52 Å². The van der Waals surface area contributed by atoms with Gasteiger partial charge in [-0.2, -0.15) is 0 Å². The average Bonchev–Trinajstić information content (AvgIpc) is 2.83. The van der Waals surface area contributed by atoms with Crippen LogP contribution in [-0.4, -0.2) is 18.2 Å². The van der Waals surface area contributed by atoms with Crippen LogP contribution < -0.4 is 15.3 Å². The Hall–Kier alpha value is -2.21. The summed E-state index contributed by atoms with van der Waals surface area (Å²) in [6.07, 6.45) is 0. The second-order valence-corrected chi connectivity index (χ2v) is 4.74. The quantitative estimate of drug-likeness (QED) is 0.812. The van der Waals surface area contributed by atoms with E-state index < -0.39 is 0 Å². The number of amides is 1. The number of benzene rings is 1. The molecular weight excluding hydrogens is 256 g/mol. The summed E-state index contributed by atoms with van der Waals surface area (Å²) in [7, 11) is 1.83. The third kappa shape index (κ3) is 3.03. The van der Waals surface area contributed by atoms with E-state index in [2.05, 4.69) is 15.9 Å². The highest BCUT2D eigenvalue weighted by Gasteiger charge is 2.27. The van der Waals surface area contributed by atoms with Gasteiger partial charge in [-0.15, -0.1) is 0 Å². The first-order valence-corrected chi connectivity index (χ1v) is 6.55. The van der Waals surface area contributed by atoms with Gasteiger partial charge in [0.1, 0.15) is 0 Å². The van der Waals surface area contributed by atoms with Gasteiger partial charge in [-0.25, -0.2) is 0 Å². The number of hydrogen-bond acceptors (Lipinski definition) is 4. The number of carbonyl (C=O) groups is 1. The monoisotopic (exact) mass is 275 g/mol. The SMILES string of the molecule is CNCc1c(NC(=O)c2ccccc2)on[n+]1C(C)C. The maximum Gasteiger partial charge on any atom is 0.307 e. The summed E-state index contributed by atoms with van der Waals surface area (Å²) in [6.45, 7) is 4.57. The largest absolute Gasteiger partial charge is 0.310 e. The standard InChI is InChI=1S/C14H18N4O2/c1-10(2)18-12(9-15-3)14(20-17-18)16-13(19)11-7-5-4-6-8-11/h4-8,10,15H,9H2,1-3H3/p+1.